The zero-order valence-corrected chi connectivity index (χ0v) is 13.4. The summed E-state index contributed by atoms with van der Waals surface area (Å²) in [5.41, 5.74) is 0.475. The number of carbonyl (C=O) groups is 2. The Bertz CT molecular complexity index is 658. The lowest BCUT2D eigenvalue weighted by Crippen LogP contribution is -2.36. The number of ether oxygens (including phenoxy) is 1. The van der Waals surface area contributed by atoms with E-state index >= 15 is 0 Å². The number of nitrogens with one attached hydrogen (secondary N) is 2. The first-order chi connectivity index (χ1) is 11.1. The van der Waals surface area contributed by atoms with Gasteiger partial charge >= 0.3 is 11.8 Å². The van der Waals surface area contributed by atoms with E-state index in [4.69, 9.17) is 4.74 Å². The van der Waals surface area contributed by atoms with E-state index in [-0.39, 0.29) is 6.54 Å². The Morgan fingerprint density at radius 1 is 1.26 bits per heavy atom. The fraction of sp³-hybridized carbons (Fsp3) is 0.250. The van der Waals surface area contributed by atoms with Crippen molar-refractivity contribution >= 4 is 28.8 Å². The molecule has 0 aliphatic rings. The molecule has 0 bridgehead atoms. The third-order valence-electron chi connectivity index (χ3n) is 3.11. The smallest absolute Gasteiger partial charge is 0.313 e. The highest BCUT2D eigenvalue weighted by molar-refractivity contribution is 7.10. The van der Waals surface area contributed by atoms with Gasteiger partial charge in [-0.05, 0) is 30.0 Å². The first kappa shape index (κ1) is 17.0. The Hall–Kier alpha value is -2.38. The van der Waals surface area contributed by atoms with Crippen LogP contribution in [0.4, 0.5) is 5.69 Å². The van der Waals surface area contributed by atoms with E-state index in [1.54, 1.807) is 24.3 Å². The molecule has 23 heavy (non-hydrogen) atoms. The van der Waals surface area contributed by atoms with Crippen LogP contribution in [0.1, 0.15) is 17.4 Å². The van der Waals surface area contributed by atoms with Crippen LogP contribution in [0.15, 0.2) is 41.8 Å². The fourth-order valence-corrected chi connectivity index (χ4v) is 2.66. The van der Waals surface area contributed by atoms with Crippen molar-refractivity contribution in [3.63, 3.8) is 0 Å². The maximum absolute atomic E-state index is 11.8. The second-order valence-corrected chi connectivity index (χ2v) is 5.74. The summed E-state index contributed by atoms with van der Waals surface area (Å²) in [6.45, 7) is 0.212. The van der Waals surface area contributed by atoms with Gasteiger partial charge < -0.3 is 20.5 Å². The van der Waals surface area contributed by atoms with E-state index in [9.17, 15) is 14.7 Å². The molecule has 0 aliphatic carbocycles. The number of hydrogen-bond acceptors (Lipinski definition) is 5. The highest BCUT2D eigenvalue weighted by Crippen LogP contribution is 2.21. The van der Waals surface area contributed by atoms with E-state index in [0.29, 0.717) is 17.9 Å². The van der Waals surface area contributed by atoms with Crippen LogP contribution in [0.5, 0.6) is 5.75 Å². The van der Waals surface area contributed by atoms with Crippen LogP contribution in [0.3, 0.4) is 0 Å². The molecule has 0 spiro atoms. The number of benzene rings is 1. The second kappa shape index (κ2) is 8.30. The van der Waals surface area contributed by atoms with Gasteiger partial charge in [0.05, 0.1) is 13.2 Å². The van der Waals surface area contributed by atoms with Crippen LogP contribution >= 0.6 is 11.3 Å². The van der Waals surface area contributed by atoms with Crippen LogP contribution in [-0.2, 0) is 9.59 Å². The molecule has 2 amide bonds. The topological polar surface area (TPSA) is 87.7 Å². The van der Waals surface area contributed by atoms with E-state index in [1.165, 1.54) is 18.4 Å². The van der Waals surface area contributed by atoms with Gasteiger partial charge in [0.1, 0.15) is 5.75 Å². The van der Waals surface area contributed by atoms with Crippen molar-refractivity contribution in [3.05, 3.63) is 46.7 Å². The predicted octanol–water partition coefficient (Wildman–Crippen LogP) is 1.94. The molecule has 7 heteroatoms. The molecule has 1 unspecified atom stereocenters. The van der Waals surface area contributed by atoms with Crippen molar-refractivity contribution in [2.75, 3.05) is 19.0 Å². The van der Waals surface area contributed by atoms with Gasteiger partial charge in [0.25, 0.3) is 0 Å². The van der Waals surface area contributed by atoms with Gasteiger partial charge in [0.2, 0.25) is 0 Å². The summed E-state index contributed by atoms with van der Waals surface area (Å²) in [5, 5.41) is 16.7. The number of carbonyl (C=O) groups excluding carboxylic acids is 2. The van der Waals surface area contributed by atoms with Crippen molar-refractivity contribution in [2.24, 2.45) is 0 Å². The number of thiophene rings is 1. The number of anilines is 1. The van der Waals surface area contributed by atoms with Crippen molar-refractivity contribution < 1.29 is 19.4 Å². The highest BCUT2D eigenvalue weighted by atomic mass is 32.1. The van der Waals surface area contributed by atoms with Crippen molar-refractivity contribution in [1.29, 1.82) is 0 Å². The number of aliphatic hydroxyl groups excluding tert-OH is 1. The zero-order chi connectivity index (χ0) is 16.7. The van der Waals surface area contributed by atoms with Crippen LogP contribution in [0, 0.1) is 0 Å². The maximum atomic E-state index is 11.8. The average molecular weight is 334 g/mol. The first-order valence-electron chi connectivity index (χ1n) is 7.05. The number of rotatable bonds is 6. The molecule has 1 heterocycles. The minimum Gasteiger partial charge on any atom is -0.497 e. The van der Waals surface area contributed by atoms with Gasteiger partial charge in [0.15, 0.2) is 0 Å². The molecule has 3 N–H and O–H groups in total. The van der Waals surface area contributed by atoms with Crippen molar-refractivity contribution in [2.45, 2.75) is 12.5 Å². The third kappa shape index (κ3) is 5.08. The van der Waals surface area contributed by atoms with Crippen LogP contribution in [0.25, 0.3) is 0 Å². The van der Waals surface area contributed by atoms with Gasteiger partial charge in [-0.1, -0.05) is 12.1 Å². The SMILES string of the molecule is COc1cccc(NC(=O)C(=O)NCCC(O)c2cccs2)c1. The predicted molar refractivity (Wildman–Crippen MR) is 88.5 cm³/mol. The van der Waals surface area contributed by atoms with Crippen molar-refractivity contribution in [1.82, 2.24) is 5.32 Å². The molecular weight excluding hydrogens is 316 g/mol. The van der Waals surface area contributed by atoms with Gasteiger partial charge in [-0.25, -0.2) is 0 Å². The molecule has 1 atom stereocenters. The standard InChI is InChI=1S/C16H18N2O4S/c1-22-12-5-2-4-11(10-12)18-16(21)15(20)17-8-7-13(19)14-6-3-9-23-14/h2-6,9-10,13,19H,7-8H2,1H3,(H,17,20)(H,18,21). The third-order valence-corrected chi connectivity index (χ3v) is 4.08. The van der Waals surface area contributed by atoms with Gasteiger partial charge in [-0.2, -0.15) is 0 Å². The average Bonchev–Trinajstić information content (AvgIpc) is 3.09. The molecule has 1 aromatic carbocycles. The monoisotopic (exact) mass is 334 g/mol. The lowest BCUT2D eigenvalue weighted by molar-refractivity contribution is -0.136. The van der Waals surface area contributed by atoms with Crippen LogP contribution < -0.4 is 15.4 Å². The fourth-order valence-electron chi connectivity index (χ4n) is 1.91. The van der Waals surface area contributed by atoms with Crippen LogP contribution in [0.2, 0.25) is 0 Å². The minimum absolute atomic E-state index is 0.212. The molecule has 0 saturated carbocycles. The van der Waals surface area contributed by atoms with E-state index in [0.717, 1.165) is 4.88 Å². The molecule has 0 radical (unpaired) electrons. The summed E-state index contributed by atoms with van der Waals surface area (Å²) in [4.78, 5) is 24.4. The summed E-state index contributed by atoms with van der Waals surface area (Å²) in [6, 6.07) is 10.4. The Labute approximate surface area is 138 Å². The minimum atomic E-state index is -0.760. The molecule has 1 aromatic heterocycles. The van der Waals surface area contributed by atoms with Gasteiger partial charge in [-0.3, -0.25) is 9.59 Å². The first-order valence-corrected chi connectivity index (χ1v) is 7.93. The summed E-state index contributed by atoms with van der Waals surface area (Å²) >= 11 is 1.45. The number of hydrogen-bond donors (Lipinski definition) is 3. The summed E-state index contributed by atoms with van der Waals surface area (Å²) in [7, 11) is 1.52. The Balaban J connectivity index is 1.77. The molecular formula is C16H18N2O4S. The van der Waals surface area contributed by atoms with Gasteiger partial charge in [0, 0.05) is 23.2 Å². The number of methoxy groups -OCH3 is 1. The lowest BCUT2D eigenvalue weighted by Gasteiger charge is -2.10. The molecule has 0 aliphatic heterocycles. The second-order valence-electron chi connectivity index (χ2n) is 4.76. The van der Waals surface area contributed by atoms with E-state index < -0.39 is 17.9 Å². The molecule has 2 rings (SSSR count). The number of aliphatic hydroxyl groups is 1. The summed E-state index contributed by atoms with van der Waals surface area (Å²) in [5.74, 6) is -0.919. The summed E-state index contributed by atoms with van der Waals surface area (Å²) in [6.07, 6.45) is -0.296. The molecule has 2 aromatic rings. The molecule has 122 valence electrons. The molecule has 0 fully saturated rings. The number of amides is 2. The highest BCUT2D eigenvalue weighted by Gasteiger charge is 2.15. The Morgan fingerprint density at radius 2 is 2.09 bits per heavy atom. The Kier molecular flexibility index (Phi) is 6.13. The molecule has 6 nitrogen and oxygen atoms in total. The lowest BCUT2D eigenvalue weighted by atomic mass is 10.2. The normalized spacial score (nSPS) is 11.6. The zero-order valence-electron chi connectivity index (χ0n) is 12.6. The quantitative estimate of drug-likeness (QED) is 0.705. The van der Waals surface area contributed by atoms with Crippen LogP contribution in [-0.4, -0.2) is 30.6 Å². The Morgan fingerprint density at radius 3 is 2.78 bits per heavy atom. The summed E-state index contributed by atoms with van der Waals surface area (Å²) < 4.78 is 5.04. The largest absolute Gasteiger partial charge is 0.497 e. The molecule has 0 saturated heterocycles. The van der Waals surface area contributed by atoms with E-state index in [2.05, 4.69) is 10.6 Å². The van der Waals surface area contributed by atoms with Gasteiger partial charge in [-0.15, -0.1) is 11.3 Å². The van der Waals surface area contributed by atoms with E-state index in [1.807, 2.05) is 17.5 Å². The maximum Gasteiger partial charge on any atom is 0.313 e. The van der Waals surface area contributed by atoms with Crippen molar-refractivity contribution in [3.8, 4) is 5.75 Å².